The van der Waals surface area contributed by atoms with Gasteiger partial charge in [0, 0.05) is 62.6 Å². The van der Waals surface area contributed by atoms with E-state index in [-0.39, 0.29) is 43.7 Å². The first-order valence-electron chi connectivity index (χ1n) is 22.3. The molecule has 6 rings (SSSR count). The molecule has 390 valence electrons. The van der Waals surface area contributed by atoms with Crippen LogP contribution in [0.3, 0.4) is 0 Å². The van der Waals surface area contributed by atoms with E-state index in [0.717, 1.165) is 6.42 Å². The molecule has 0 heterocycles. The first-order chi connectivity index (χ1) is 34.8. The Morgan fingerprint density at radius 2 is 0.743 bits per heavy atom. The second-order valence-electron chi connectivity index (χ2n) is 16.4. The van der Waals surface area contributed by atoms with E-state index < -0.39 is 47.8 Å². The topological polar surface area (TPSA) is 269 Å². The van der Waals surface area contributed by atoms with Crippen LogP contribution in [0.25, 0.3) is 0 Å². The highest BCUT2D eigenvalue weighted by molar-refractivity contribution is 7.90. The summed E-state index contributed by atoms with van der Waals surface area (Å²) in [5.74, 6) is -2.67. The fourth-order valence-electron chi connectivity index (χ4n) is 6.39. The zero-order chi connectivity index (χ0) is 55.0. The smallest absolute Gasteiger partial charge is 0.268 e. The number of ether oxygens (including phenoxy) is 1. The van der Waals surface area contributed by atoms with E-state index in [0.29, 0.717) is 45.5 Å². The van der Waals surface area contributed by atoms with E-state index in [9.17, 15) is 54.0 Å². The highest BCUT2D eigenvalue weighted by atomic mass is 32.2. The maximum atomic E-state index is 12.4. The highest BCUT2D eigenvalue weighted by Gasteiger charge is 2.24. The number of hydrogen-bond donors (Lipinski definition) is 4. The van der Waals surface area contributed by atoms with Gasteiger partial charge in [-0.3, -0.25) is 28.8 Å². The van der Waals surface area contributed by atoms with Crippen LogP contribution in [0.5, 0.6) is 5.75 Å². The molecule has 0 bridgehead atoms. The van der Waals surface area contributed by atoms with Gasteiger partial charge in [-0.25, -0.2) is 39.4 Å². The van der Waals surface area contributed by atoms with Crippen molar-refractivity contribution in [3.05, 3.63) is 190 Å². The average Bonchev–Trinajstić information content (AvgIpc) is 3.37. The van der Waals surface area contributed by atoms with Crippen LogP contribution in [0.15, 0.2) is 160 Å². The van der Waals surface area contributed by atoms with Crippen molar-refractivity contribution in [2.45, 2.75) is 41.9 Å². The van der Waals surface area contributed by atoms with E-state index >= 15 is 0 Å². The van der Waals surface area contributed by atoms with Gasteiger partial charge in [-0.15, -0.1) is 0 Å². The summed E-state index contributed by atoms with van der Waals surface area (Å²) >= 11 is 0. The monoisotopic (exact) mass is 1070 g/mol. The minimum absolute atomic E-state index is 0.0820. The Hall–Kier alpha value is -8.21. The molecule has 0 aromatic heterocycles. The van der Waals surface area contributed by atoms with Crippen molar-refractivity contribution in [3.63, 3.8) is 0 Å². The molecule has 0 spiro atoms. The van der Waals surface area contributed by atoms with Crippen molar-refractivity contribution in [1.82, 2.24) is 29.3 Å². The molecule has 0 fully saturated rings. The van der Waals surface area contributed by atoms with Crippen molar-refractivity contribution in [1.29, 1.82) is 0 Å². The molecule has 0 saturated heterocycles. The highest BCUT2D eigenvalue weighted by Crippen LogP contribution is 2.20. The Morgan fingerprint density at radius 1 is 0.432 bits per heavy atom. The molecule has 22 heteroatoms. The molecular weight excluding hydrogens is 1010 g/mol. The third-order valence-electron chi connectivity index (χ3n) is 10.4. The summed E-state index contributed by atoms with van der Waals surface area (Å²) in [6.07, 6.45) is 0.809. The number of nitrogens with one attached hydrogen (secondary N) is 4. The number of sulfonamides is 3. The predicted octanol–water partition coefficient (Wildman–Crippen LogP) is 5.58. The van der Waals surface area contributed by atoms with Gasteiger partial charge in [0.05, 0.1) is 27.4 Å². The number of methoxy groups -OCH3 is 1. The van der Waals surface area contributed by atoms with Crippen molar-refractivity contribution >= 4 is 65.5 Å². The molecule has 6 aromatic carbocycles. The fourth-order valence-corrected chi connectivity index (χ4v) is 9.29. The van der Waals surface area contributed by atoms with Gasteiger partial charge in [0.1, 0.15) is 5.75 Å². The van der Waals surface area contributed by atoms with Gasteiger partial charge in [-0.1, -0.05) is 55.5 Å². The molecule has 19 nitrogen and oxygen atoms in total. The number of amides is 6. The molecule has 0 unspecified atom stereocenters. The van der Waals surface area contributed by atoms with E-state index in [1.165, 1.54) is 95.8 Å². The molecule has 74 heavy (non-hydrogen) atoms. The zero-order valence-electron chi connectivity index (χ0n) is 41.7. The maximum absolute atomic E-state index is 12.4. The number of rotatable bonds is 15. The summed E-state index contributed by atoms with van der Waals surface area (Å²) in [6.45, 7) is 5.94. The molecule has 0 radical (unpaired) electrons. The van der Waals surface area contributed by atoms with Crippen LogP contribution in [0.1, 0.15) is 86.6 Å². The fraction of sp³-hybridized carbons (Fsp3) is 0.192. The lowest BCUT2D eigenvalue weighted by Crippen LogP contribution is -2.31. The Morgan fingerprint density at radius 3 is 1.07 bits per heavy atom. The van der Waals surface area contributed by atoms with Crippen LogP contribution in [-0.2, 0) is 30.1 Å². The van der Waals surface area contributed by atoms with Crippen LogP contribution < -0.4 is 24.2 Å². The van der Waals surface area contributed by atoms with Gasteiger partial charge in [0.25, 0.3) is 65.5 Å². The van der Waals surface area contributed by atoms with E-state index in [4.69, 9.17) is 4.74 Å². The summed E-state index contributed by atoms with van der Waals surface area (Å²) in [5, 5.41) is 2.71. The van der Waals surface area contributed by atoms with Crippen LogP contribution in [0.2, 0.25) is 0 Å². The lowest BCUT2D eigenvalue weighted by atomic mass is 10.1. The lowest BCUT2D eigenvalue weighted by Gasteiger charge is -2.12. The molecule has 0 atom stereocenters. The molecule has 6 amide bonds. The van der Waals surface area contributed by atoms with Gasteiger partial charge in [-0.05, 0) is 128 Å². The molecule has 6 aromatic rings. The van der Waals surface area contributed by atoms with Gasteiger partial charge < -0.3 is 19.9 Å². The van der Waals surface area contributed by atoms with Crippen molar-refractivity contribution in [3.8, 4) is 5.75 Å². The SMILES string of the molecule is CCCNC(=O)c1ccc(S(=O)(=O)NC(=O)c2ccccc2C)cc1.COc1ccccc1C(=O)NS(=O)(=O)c1ccc(C(=O)N(C)C)cc1.Cc1ccccc1C(=O)NS(=O)(=O)c1ccc(C(=O)N(C)C)cc1. The van der Waals surface area contributed by atoms with Crippen molar-refractivity contribution in [2.75, 3.05) is 41.8 Å². The number of benzene rings is 6. The van der Waals surface area contributed by atoms with Gasteiger partial charge in [0.2, 0.25) is 0 Å². The number of hydrogen-bond acceptors (Lipinski definition) is 13. The van der Waals surface area contributed by atoms with Crippen LogP contribution in [0.4, 0.5) is 0 Å². The average molecular weight is 1070 g/mol. The van der Waals surface area contributed by atoms with E-state index in [1.807, 2.05) is 21.1 Å². The number of carbonyl (C=O) groups is 6. The summed E-state index contributed by atoms with van der Waals surface area (Å²) in [7, 11) is -4.30. The van der Waals surface area contributed by atoms with E-state index in [1.54, 1.807) is 109 Å². The summed E-state index contributed by atoms with van der Waals surface area (Å²) in [6, 6.07) is 35.9. The minimum Gasteiger partial charge on any atom is -0.496 e. The quantitative estimate of drug-likeness (QED) is 0.0979. The van der Waals surface area contributed by atoms with Crippen molar-refractivity contribution < 1.29 is 58.8 Å². The normalized spacial score (nSPS) is 10.9. The summed E-state index contributed by atoms with van der Waals surface area (Å²) in [5.41, 5.74) is 3.12. The molecule has 0 aliphatic carbocycles. The molecule has 0 aliphatic heterocycles. The summed E-state index contributed by atoms with van der Waals surface area (Å²) in [4.78, 5) is 74.6. The molecule has 4 N–H and O–H groups in total. The van der Waals surface area contributed by atoms with Crippen LogP contribution in [-0.4, -0.2) is 112 Å². The third-order valence-corrected chi connectivity index (χ3v) is 14.5. The maximum Gasteiger partial charge on any atom is 0.268 e. The third kappa shape index (κ3) is 15.9. The van der Waals surface area contributed by atoms with Gasteiger partial charge >= 0.3 is 0 Å². The first-order valence-corrected chi connectivity index (χ1v) is 26.8. The number of carbonyl (C=O) groups excluding carboxylic acids is 6. The largest absolute Gasteiger partial charge is 0.496 e. The van der Waals surface area contributed by atoms with Crippen LogP contribution >= 0.6 is 0 Å². The number of aryl methyl sites for hydroxylation is 2. The summed E-state index contributed by atoms with van der Waals surface area (Å²) < 4.78 is 85.2. The standard InChI is InChI=1S/C18H20N2O4S.C17H18N2O5S.C17H18N2O4S/c1-3-12-19-17(21)14-8-10-15(11-9-14)25(23,24)20-18(22)16-7-5-4-6-13(16)2;1-19(2)17(21)12-8-10-13(11-9-12)25(22,23)18-16(20)14-6-4-5-7-15(14)24-3;1-12-6-4-5-7-15(12)16(20)18-24(22,23)14-10-8-13(9-11-14)17(21)19(2)3/h4-11H,3,12H2,1-2H3,(H,19,21)(H,20,22);4-11H,1-3H3,(H,18,20);4-11H,1-3H3,(H,18,20). The Labute approximate surface area is 431 Å². The Kier molecular flexibility index (Phi) is 20.5. The second kappa shape index (κ2) is 26.0. The Balaban J connectivity index is 0.000000240. The molecular formula is C52H56N6O13S3. The lowest BCUT2D eigenvalue weighted by molar-refractivity contribution is 0.0820. The zero-order valence-corrected chi connectivity index (χ0v) is 44.1. The predicted molar refractivity (Wildman–Crippen MR) is 277 cm³/mol. The molecule has 0 saturated carbocycles. The van der Waals surface area contributed by atoms with E-state index in [2.05, 4.69) is 5.32 Å². The number of nitrogens with zero attached hydrogens (tertiary/aromatic N) is 2. The number of para-hydroxylation sites is 1. The van der Waals surface area contributed by atoms with Gasteiger partial charge in [-0.2, -0.15) is 0 Å². The minimum atomic E-state index is -4.08. The first kappa shape index (κ1) is 58.4. The van der Waals surface area contributed by atoms with Crippen LogP contribution in [0, 0.1) is 13.8 Å². The van der Waals surface area contributed by atoms with Crippen molar-refractivity contribution in [2.24, 2.45) is 0 Å². The van der Waals surface area contributed by atoms with Gasteiger partial charge in [0.15, 0.2) is 0 Å². The second-order valence-corrected chi connectivity index (χ2v) is 21.4. The Bertz CT molecular complexity index is 3350. The molecule has 0 aliphatic rings.